The van der Waals surface area contributed by atoms with Crippen LogP contribution < -0.4 is 0 Å². The fourth-order valence-corrected chi connectivity index (χ4v) is 1.28. The van der Waals surface area contributed by atoms with E-state index in [-0.39, 0.29) is 0 Å². The molecule has 0 spiro atoms. The second-order valence-corrected chi connectivity index (χ2v) is 2.99. The highest BCUT2D eigenvalue weighted by Gasteiger charge is 1.97. The van der Waals surface area contributed by atoms with Gasteiger partial charge in [0.2, 0.25) is 0 Å². The monoisotopic (exact) mass is 187 g/mol. The van der Waals surface area contributed by atoms with Gasteiger partial charge < -0.3 is 5.41 Å². The van der Waals surface area contributed by atoms with Gasteiger partial charge in [0.15, 0.2) is 0 Å². The quantitative estimate of drug-likeness (QED) is 0.689. The van der Waals surface area contributed by atoms with Crippen LogP contribution in [0.1, 0.15) is 5.56 Å². The Hall–Kier alpha value is -0.530. The van der Waals surface area contributed by atoms with E-state index in [1.54, 1.807) is 12.1 Å². The molecule has 0 aliphatic rings. The summed E-state index contributed by atoms with van der Waals surface area (Å²) in [5.74, 6) is 0. The smallest absolute Gasteiger partial charge is 0.0456 e. The maximum absolute atomic E-state index is 6.87. The van der Waals surface area contributed by atoms with Gasteiger partial charge in [0.1, 0.15) is 0 Å². The van der Waals surface area contributed by atoms with Crippen LogP contribution in [0.4, 0.5) is 0 Å². The Bertz CT molecular complexity index is 271. The molecule has 0 saturated carbocycles. The van der Waals surface area contributed by atoms with Crippen LogP contribution in [0.2, 0.25) is 10.0 Å². The van der Waals surface area contributed by atoms with E-state index in [0.717, 1.165) is 5.56 Å². The average Bonchev–Trinajstić information content (AvgIpc) is 1.95. The molecule has 0 unspecified atom stereocenters. The average molecular weight is 188 g/mol. The Balaban J connectivity index is 2.98. The number of halogens is 2. The third-order valence-electron chi connectivity index (χ3n) is 1.34. The zero-order valence-corrected chi connectivity index (χ0v) is 7.28. The van der Waals surface area contributed by atoms with Crippen molar-refractivity contribution in [1.29, 1.82) is 5.41 Å². The maximum atomic E-state index is 6.87. The molecule has 0 bridgehead atoms. The summed E-state index contributed by atoms with van der Waals surface area (Å²) < 4.78 is 0. The number of hydrogen-bond acceptors (Lipinski definition) is 1. The number of rotatable bonds is 2. The molecule has 0 saturated heterocycles. The van der Waals surface area contributed by atoms with E-state index in [0.29, 0.717) is 16.5 Å². The fourth-order valence-electron chi connectivity index (χ4n) is 0.797. The van der Waals surface area contributed by atoms with Crippen molar-refractivity contribution in [3.05, 3.63) is 33.8 Å². The lowest BCUT2D eigenvalue weighted by Crippen LogP contribution is -1.85. The predicted octanol–water partition coefficient (Wildman–Crippen LogP) is 3.19. The van der Waals surface area contributed by atoms with Gasteiger partial charge in [-0.3, -0.25) is 0 Å². The lowest BCUT2D eigenvalue weighted by atomic mass is 10.2. The summed E-state index contributed by atoms with van der Waals surface area (Å²) in [6, 6.07) is 5.28. The minimum Gasteiger partial charge on any atom is -0.313 e. The molecule has 1 aromatic rings. The molecule has 1 aromatic carbocycles. The molecule has 58 valence electrons. The van der Waals surface area contributed by atoms with E-state index in [9.17, 15) is 0 Å². The highest BCUT2D eigenvalue weighted by molar-refractivity contribution is 6.35. The van der Waals surface area contributed by atoms with Gasteiger partial charge in [0.05, 0.1) is 0 Å². The van der Waals surface area contributed by atoms with Crippen LogP contribution in [0.15, 0.2) is 18.2 Å². The molecule has 0 amide bonds. The van der Waals surface area contributed by atoms with Crippen molar-refractivity contribution >= 4 is 29.4 Å². The maximum Gasteiger partial charge on any atom is 0.0456 e. The summed E-state index contributed by atoms with van der Waals surface area (Å²) in [7, 11) is 0. The van der Waals surface area contributed by atoms with Crippen LogP contribution in [-0.2, 0) is 6.42 Å². The summed E-state index contributed by atoms with van der Waals surface area (Å²) in [5, 5.41) is 8.13. The zero-order chi connectivity index (χ0) is 8.27. The molecule has 0 aromatic heterocycles. The first-order valence-electron chi connectivity index (χ1n) is 3.17. The molecule has 0 aliphatic heterocycles. The number of benzene rings is 1. The topological polar surface area (TPSA) is 23.9 Å². The SMILES string of the molecule is N=CCc1ccc(Cl)cc1Cl. The Labute approximate surface area is 75.5 Å². The summed E-state index contributed by atoms with van der Waals surface area (Å²) in [6.45, 7) is 0. The summed E-state index contributed by atoms with van der Waals surface area (Å²) >= 11 is 11.5. The zero-order valence-electron chi connectivity index (χ0n) is 5.77. The third kappa shape index (κ3) is 2.21. The van der Waals surface area contributed by atoms with Crippen LogP contribution >= 0.6 is 23.2 Å². The normalized spacial score (nSPS) is 9.64. The van der Waals surface area contributed by atoms with Gasteiger partial charge >= 0.3 is 0 Å². The first kappa shape index (κ1) is 8.57. The van der Waals surface area contributed by atoms with Crippen LogP contribution in [0.5, 0.6) is 0 Å². The van der Waals surface area contributed by atoms with E-state index < -0.39 is 0 Å². The van der Waals surface area contributed by atoms with Gasteiger partial charge in [-0.2, -0.15) is 0 Å². The summed E-state index contributed by atoms with van der Waals surface area (Å²) in [4.78, 5) is 0. The van der Waals surface area contributed by atoms with Gasteiger partial charge in [0.25, 0.3) is 0 Å². The van der Waals surface area contributed by atoms with E-state index in [2.05, 4.69) is 0 Å². The molecule has 0 aliphatic carbocycles. The van der Waals surface area contributed by atoms with Crippen molar-refractivity contribution in [2.75, 3.05) is 0 Å². The standard InChI is InChI=1S/C8H7Cl2N/c9-7-2-1-6(3-4-11)8(10)5-7/h1-2,4-5,11H,3H2. The second kappa shape index (κ2) is 3.74. The minimum atomic E-state index is 0.565. The van der Waals surface area contributed by atoms with Crippen molar-refractivity contribution in [3.63, 3.8) is 0 Å². The predicted molar refractivity (Wildman–Crippen MR) is 48.9 cm³/mol. The highest BCUT2D eigenvalue weighted by atomic mass is 35.5. The molecule has 11 heavy (non-hydrogen) atoms. The van der Waals surface area contributed by atoms with Crippen molar-refractivity contribution in [2.24, 2.45) is 0 Å². The van der Waals surface area contributed by atoms with E-state index >= 15 is 0 Å². The molecule has 3 heteroatoms. The number of hydrogen-bond donors (Lipinski definition) is 1. The van der Waals surface area contributed by atoms with Crippen molar-refractivity contribution in [3.8, 4) is 0 Å². The van der Waals surface area contributed by atoms with Gasteiger partial charge in [-0.05, 0) is 23.9 Å². The molecule has 0 radical (unpaired) electrons. The third-order valence-corrected chi connectivity index (χ3v) is 1.92. The number of nitrogens with one attached hydrogen (secondary N) is 1. The Morgan fingerprint density at radius 3 is 2.64 bits per heavy atom. The highest BCUT2D eigenvalue weighted by Crippen LogP contribution is 2.20. The van der Waals surface area contributed by atoms with Crippen LogP contribution in [0.25, 0.3) is 0 Å². The molecular formula is C8H7Cl2N. The van der Waals surface area contributed by atoms with Crippen molar-refractivity contribution < 1.29 is 0 Å². The van der Waals surface area contributed by atoms with Crippen LogP contribution in [-0.4, -0.2) is 6.21 Å². The summed E-state index contributed by atoms with van der Waals surface area (Å²) in [6.07, 6.45) is 1.88. The molecule has 1 nitrogen and oxygen atoms in total. The fraction of sp³-hybridized carbons (Fsp3) is 0.125. The second-order valence-electron chi connectivity index (χ2n) is 2.14. The molecule has 0 atom stereocenters. The molecule has 1 rings (SSSR count). The van der Waals surface area contributed by atoms with Gasteiger partial charge in [0, 0.05) is 16.5 Å². The largest absolute Gasteiger partial charge is 0.313 e. The van der Waals surface area contributed by atoms with E-state index in [1.165, 1.54) is 6.21 Å². The van der Waals surface area contributed by atoms with E-state index in [4.69, 9.17) is 28.6 Å². The van der Waals surface area contributed by atoms with Crippen LogP contribution in [0.3, 0.4) is 0 Å². The van der Waals surface area contributed by atoms with E-state index in [1.807, 2.05) is 6.07 Å². The van der Waals surface area contributed by atoms with Crippen molar-refractivity contribution in [2.45, 2.75) is 6.42 Å². The van der Waals surface area contributed by atoms with Gasteiger partial charge in [-0.15, -0.1) is 0 Å². The lowest BCUT2D eigenvalue weighted by molar-refractivity contribution is 1.33. The minimum absolute atomic E-state index is 0.565. The summed E-state index contributed by atoms with van der Waals surface area (Å²) in [5.41, 5.74) is 0.936. The first-order valence-corrected chi connectivity index (χ1v) is 3.92. The van der Waals surface area contributed by atoms with Crippen LogP contribution in [0, 0.1) is 5.41 Å². The molecule has 0 heterocycles. The first-order chi connectivity index (χ1) is 5.24. The molecular weight excluding hydrogens is 181 g/mol. The van der Waals surface area contributed by atoms with Gasteiger partial charge in [-0.25, -0.2) is 0 Å². The van der Waals surface area contributed by atoms with Gasteiger partial charge in [-0.1, -0.05) is 29.3 Å². The Morgan fingerprint density at radius 1 is 1.36 bits per heavy atom. The lowest BCUT2D eigenvalue weighted by Gasteiger charge is -1.99. The van der Waals surface area contributed by atoms with Crippen molar-refractivity contribution in [1.82, 2.24) is 0 Å². The Kier molecular flexibility index (Phi) is 2.92. The Morgan fingerprint density at radius 2 is 2.09 bits per heavy atom. The molecule has 0 fully saturated rings. The molecule has 1 N–H and O–H groups in total.